The quantitative estimate of drug-likeness (QED) is 0.556. The lowest BCUT2D eigenvalue weighted by Gasteiger charge is -2.28. The number of allylic oxidation sites excluding steroid dienone is 1. The molecule has 2 N–H and O–H groups in total. The molecule has 0 aliphatic heterocycles. The van der Waals surface area contributed by atoms with Gasteiger partial charge in [0.1, 0.15) is 4.99 Å². The third-order valence-corrected chi connectivity index (χ3v) is 5.55. The molecule has 0 saturated heterocycles. The second-order valence-electron chi connectivity index (χ2n) is 7.32. The van der Waals surface area contributed by atoms with E-state index in [1.807, 2.05) is 60.7 Å². The Morgan fingerprint density at radius 1 is 0.933 bits per heavy atom. The van der Waals surface area contributed by atoms with E-state index >= 15 is 0 Å². The number of pyridine rings is 1. The molecule has 0 saturated carbocycles. The van der Waals surface area contributed by atoms with Crippen molar-refractivity contribution in [2.24, 2.45) is 0 Å². The molecule has 1 aromatic heterocycles. The van der Waals surface area contributed by atoms with Gasteiger partial charge in [-0.15, -0.1) is 0 Å². The van der Waals surface area contributed by atoms with Crippen molar-refractivity contribution in [1.29, 1.82) is 0 Å². The Morgan fingerprint density at radius 3 is 2.30 bits per heavy atom. The molecule has 0 fully saturated rings. The number of para-hydroxylation sites is 1. The van der Waals surface area contributed by atoms with Gasteiger partial charge in [-0.25, -0.2) is 0 Å². The average molecular weight is 414 g/mol. The van der Waals surface area contributed by atoms with Crippen LogP contribution in [0.2, 0.25) is 0 Å². The van der Waals surface area contributed by atoms with Crippen LogP contribution < -0.4 is 10.6 Å². The second-order valence-corrected chi connectivity index (χ2v) is 7.73. The van der Waals surface area contributed by atoms with Crippen LogP contribution in [0.1, 0.15) is 29.9 Å². The lowest BCUT2D eigenvalue weighted by Crippen LogP contribution is -2.31. The number of Topliss-reactive ketones (excluding diaryl/α,β-unsaturated/α-hetero) is 1. The summed E-state index contributed by atoms with van der Waals surface area (Å²) in [6.45, 7) is 0.615. The SMILES string of the molecule is O=C1CC(c2ccccc2)CC(NCc2ccncc2)=C1C(=S)Nc1ccccc1. The number of aromatic nitrogens is 1. The zero-order valence-corrected chi connectivity index (χ0v) is 17.4. The number of thiocarbonyl (C=S) groups is 1. The van der Waals surface area contributed by atoms with Crippen molar-refractivity contribution >= 4 is 28.7 Å². The van der Waals surface area contributed by atoms with E-state index in [0.717, 1.165) is 23.4 Å². The number of anilines is 1. The topological polar surface area (TPSA) is 54.0 Å². The van der Waals surface area contributed by atoms with Crippen LogP contribution in [0.3, 0.4) is 0 Å². The van der Waals surface area contributed by atoms with Crippen LogP contribution in [-0.4, -0.2) is 15.8 Å². The van der Waals surface area contributed by atoms with Gasteiger partial charge in [0, 0.05) is 36.7 Å². The normalized spacial score (nSPS) is 16.3. The Morgan fingerprint density at radius 2 is 1.60 bits per heavy atom. The Balaban J connectivity index is 1.62. The number of nitrogens with one attached hydrogen (secondary N) is 2. The van der Waals surface area contributed by atoms with E-state index in [0.29, 0.717) is 23.5 Å². The van der Waals surface area contributed by atoms with Crippen LogP contribution >= 0.6 is 12.2 Å². The first-order chi connectivity index (χ1) is 14.7. The molecule has 30 heavy (non-hydrogen) atoms. The Bertz CT molecular complexity index is 1050. The number of rotatable bonds is 6. The molecule has 1 unspecified atom stereocenters. The smallest absolute Gasteiger partial charge is 0.168 e. The number of benzene rings is 2. The third-order valence-electron chi connectivity index (χ3n) is 5.25. The van der Waals surface area contributed by atoms with Crippen molar-refractivity contribution in [2.75, 3.05) is 5.32 Å². The van der Waals surface area contributed by atoms with Crippen molar-refractivity contribution in [3.8, 4) is 0 Å². The molecule has 1 heterocycles. The van der Waals surface area contributed by atoms with Crippen LogP contribution in [0.15, 0.2) is 96.5 Å². The minimum absolute atomic E-state index is 0.0702. The number of carbonyl (C=O) groups excluding carboxylic acids is 1. The molecule has 0 radical (unpaired) electrons. The molecule has 3 aromatic rings. The largest absolute Gasteiger partial charge is 0.384 e. The summed E-state index contributed by atoms with van der Waals surface area (Å²) < 4.78 is 0. The number of nitrogens with zero attached hydrogens (tertiary/aromatic N) is 1. The monoisotopic (exact) mass is 413 g/mol. The van der Waals surface area contributed by atoms with Gasteiger partial charge in [0.05, 0.1) is 5.57 Å². The summed E-state index contributed by atoms with van der Waals surface area (Å²) in [4.78, 5) is 17.7. The molecule has 4 nitrogen and oxygen atoms in total. The predicted molar refractivity (Wildman–Crippen MR) is 124 cm³/mol. The van der Waals surface area contributed by atoms with Crippen molar-refractivity contribution < 1.29 is 4.79 Å². The van der Waals surface area contributed by atoms with Gasteiger partial charge in [0.25, 0.3) is 0 Å². The third kappa shape index (κ3) is 4.81. The lowest BCUT2D eigenvalue weighted by molar-refractivity contribution is -0.115. The summed E-state index contributed by atoms with van der Waals surface area (Å²) in [7, 11) is 0. The van der Waals surface area contributed by atoms with Gasteiger partial charge < -0.3 is 10.6 Å². The molecule has 1 atom stereocenters. The highest BCUT2D eigenvalue weighted by molar-refractivity contribution is 7.81. The molecule has 0 bridgehead atoms. The van der Waals surface area contributed by atoms with E-state index in [1.165, 1.54) is 5.56 Å². The molecule has 150 valence electrons. The standard InChI is InChI=1S/C25H23N3OS/c29-23-16-20(19-7-3-1-4-8-19)15-22(27-17-18-11-13-26-14-12-18)24(23)25(30)28-21-9-5-2-6-10-21/h1-14,20,27H,15-17H2,(H,28,30). The van der Waals surface area contributed by atoms with Crippen molar-refractivity contribution in [3.63, 3.8) is 0 Å². The van der Waals surface area contributed by atoms with E-state index in [4.69, 9.17) is 12.2 Å². The molecule has 0 spiro atoms. The average Bonchev–Trinajstić information content (AvgIpc) is 2.79. The van der Waals surface area contributed by atoms with Crippen molar-refractivity contribution in [1.82, 2.24) is 10.3 Å². The summed E-state index contributed by atoms with van der Waals surface area (Å²) in [5.74, 6) is 0.211. The molecular formula is C25H23N3OS. The number of hydrogen-bond donors (Lipinski definition) is 2. The van der Waals surface area contributed by atoms with Crippen LogP contribution in [0.25, 0.3) is 0 Å². The zero-order chi connectivity index (χ0) is 20.8. The molecule has 2 aromatic carbocycles. The van der Waals surface area contributed by atoms with Gasteiger partial charge in [0.15, 0.2) is 5.78 Å². The number of hydrogen-bond acceptors (Lipinski definition) is 4. The van der Waals surface area contributed by atoms with Gasteiger partial charge in [0.2, 0.25) is 0 Å². The van der Waals surface area contributed by atoms with Crippen molar-refractivity contribution in [2.45, 2.75) is 25.3 Å². The fourth-order valence-electron chi connectivity index (χ4n) is 3.72. The Labute approximate surface area is 182 Å². The fourth-order valence-corrected chi connectivity index (χ4v) is 4.08. The van der Waals surface area contributed by atoms with Gasteiger partial charge in [-0.1, -0.05) is 60.7 Å². The molecule has 4 rings (SSSR count). The van der Waals surface area contributed by atoms with Gasteiger partial charge in [-0.3, -0.25) is 9.78 Å². The second kappa shape index (κ2) is 9.46. The minimum Gasteiger partial charge on any atom is -0.384 e. The summed E-state index contributed by atoms with van der Waals surface area (Å²) in [5, 5.41) is 6.72. The van der Waals surface area contributed by atoms with E-state index in [1.54, 1.807) is 12.4 Å². The van der Waals surface area contributed by atoms with E-state index < -0.39 is 0 Å². The fraction of sp³-hybridized carbons (Fsp3) is 0.160. The number of ketones is 1. The van der Waals surface area contributed by atoms with Crippen LogP contribution in [0, 0.1) is 0 Å². The first-order valence-electron chi connectivity index (χ1n) is 10.0. The summed E-state index contributed by atoms with van der Waals surface area (Å²) in [5.41, 5.74) is 4.64. The summed E-state index contributed by atoms with van der Waals surface area (Å²) >= 11 is 5.66. The highest BCUT2D eigenvalue weighted by atomic mass is 32.1. The zero-order valence-electron chi connectivity index (χ0n) is 16.5. The maximum absolute atomic E-state index is 13.2. The van der Waals surface area contributed by atoms with Gasteiger partial charge in [-0.05, 0) is 47.7 Å². The highest BCUT2D eigenvalue weighted by Gasteiger charge is 2.30. The van der Waals surface area contributed by atoms with Crippen molar-refractivity contribution in [3.05, 3.63) is 108 Å². The van der Waals surface area contributed by atoms with Gasteiger partial charge >= 0.3 is 0 Å². The lowest BCUT2D eigenvalue weighted by atomic mass is 9.81. The Hall–Kier alpha value is -3.31. The maximum Gasteiger partial charge on any atom is 0.168 e. The molecule has 0 amide bonds. The Kier molecular flexibility index (Phi) is 6.30. The van der Waals surface area contributed by atoms with E-state index in [9.17, 15) is 4.79 Å². The molecule has 5 heteroatoms. The highest BCUT2D eigenvalue weighted by Crippen LogP contribution is 2.34. The first-order valence-corrected chi connectivity index (χ1v) is 10.4. The summed E-state index contributed by atoms with van der Waals surface area (Å²) in [6, 6.07) is 23.9. The molecule has 1 aliphatic carbocycles. The first kappa shape index (κ1) is 20.0. The van der Waals surface area contributed by atoms with Crippen LogP contribution in [0.5, 0.6) is 0 Å². The van der Waals surface area contributed by atoms with Gasteiger partial charge in [-0.2, -0.15) is 0 Å². The number of carbonyl (C=O) groups is 1. The van der Waals surface area contributed by atoms with E-state index in [-0.39, 0.29) is 11.7 Å². The van der Waals surface area contributed by atoms with Crippen LogP contribution in [-0.2, 0) is 11.3 Å². The predicted octanol–water partition coefficient (Wildman–Crippen LogP) is 5.01. The molecular weight excluding hydrogens is 390 g/mol. The molecule has 1 aliphatic rings. The van der Waals surface area contributed by atoms with E-state index in [2.05, 4.69) is 27.8 Å². The minimum atomic E-state index is 0.0702. The van der Waals surface area contributed by atoms with Crippen LogP contribution in [0.4, 0.5) is 5.69 Å². The maximum atomic E-state index is 13.2. The summed E-state index contributed by atoms with van der Waals surface area (Å²) in [6.07, 6.45) is 4.74.